The molecule has 1 unspecified atom stereocenters. The smallest absolute Gasteiger partial charge is 0.282 e. The summed E-state index contributed by atoms with van der Waals surface area (Å²) in [6.45, 7) is 2.03. The van der Waals surface area contributed by atoms with E-state index >= 15 is 0 Å². The fraction of sp³-hybridized carbons (Fsp3) is 0.364. The summed E-state index contributed by atoms with van der Waals surface area (Å²) in [4.78, 5) is 22.0. The molecule has 7 heteroatoms. The predicted octanol–water partition coefficient (Wildman–Crippen LogP) is 2.01. The molecule has 0 bridgehead atoms. The van der Waals surface area contributed by atoms with Crippen LogP contribution in [0.25, 0.3) is 0 Å². The molecule has 1 N–H and O–H groups in total. The van der Waals surface area contributed by atoms with Crippen molar-refractivity contribution < 1.29 is 14.5 Å². The highest BCUT2D eigenvalue weighted by molar-refractivity contribution is 6.31. The Labute approximate surface area is 109 Å². The van der Waals surface area contributed by atoms with E-state index in [4.69, 9.17) is 16.3 Å². The third-order valence-electron chi connectivity index (χ3n) is 2.35. The first kappa shape index (κ1) is 14.4. The standard InChI is InChI=1S/C11H13ClN2O4/c1-7(18-2)6-13-11(15)9-5-8(12)3-4-10(9)14(16)17/h3-5,7H,6H2,1-2H3,(H,13,15). The summed E-state index contributed by atoms with van der Waals surface area (Å²) in [5.74, 6) is -0.548. The molecule has 1 rings (SSSR count). The molecular formula is C11H13ClN2O4. The van der Waals surface area contributed by atoms with Crippen LogP contribution in [0.4, 0.5) is 5.69 Å². The fourth-order valence-electron chi connectivity index (χ4n) is 1.26. The molecule has 0 spiro atoms. The summed E-state index contributed by atoms with van der Waals surface area (Å²) in [5, 5.41) is 13.6. The molecule has 0 saturated carbocycles. The Morgan fingerprint density at radius 2 is 2.28 bits per heavy atom. The summed E-state index contributed by atoms with van der Waals surface area (Å²) in [7, 11) is 1.51. The number of rotatable bonds is 5. The minimum absolute atomic E-state index is 0.0594. The SMILES string of the molecule is COC(C)CNC(=O)c1cc(Cl)ccc1[N+](=O)[O-]. The van der Waals surface area contributed by atoms with E-state index in [9.17, 15) is 14.9 Å². The van der Waals surface area contributed by atoms with Crippen molar-refractivity contribution in [1.29, 1.82) is 0 Å². The van der Waals surface area contributed by atoms with E-state index in [-0.39, 0.29) is 28.9 Å². The van der Waals surface area contributed by atoms with Gasteiger partial charge in [-0.05, 0) is 19.1 Å². The molecule has 0 aliphatic heterocycles. The molecule has 0 aliphatic rings. The van der Waals surface area contributed by atoms with Crippen LogP contribution in [0.5, 0.6) is 0 Å². The van der Waals surface area contributed by atoms with Gasteiger partial charge in [-0.15, -0.1) is 0 Å². The van der Waals surface area contributed by atoms with Crippen LogP contribution in [0.3, 0.4) is 0 Å². The number of nitro groups is 1. The molecule has 0 saturated heterocycles. The maximum atomic E-state index is 11.8. The normalized spacial score (nSPS) is 11.9. The average molecular weight is 273 g/mol. The second-order valence-corrected chi connectivity index (χ2v) is 4.11. The zero-order valence-electron chi connectivity index (χ0n) is 9.97. The van der Waals surface area contributed by atoms with Crippen molar-refractivity contribution in [2.45, 2.75) is 13.0 Å². The van der Waals surface area contributed by atoms with Gasteiger partial charge in [0.25, 0.3) is 11.6 Å². The van der Waals surface area contributed by atoms with E-state index in [0.717, 1.165) is 0 Å². The van der Waals surface area contributed by atoms with Crippen LogP contribution < -0.4 is 5.32 Å². The number of benzene rings is 1. The van der Waals surface area contributed by atoms with Gasteiger partial charge in [-0.2, -0.15) is 0 Å². The topological polar surface area (TPSA) is 81.5 Å². The van der Waals surface area contributed by atoms with Crippen LogP contribution in [-0.2, 0) is 4.74 Å². The van der Waals surface area contributed by atoms with E-state index in [1.165, 1.54) is 25.3 Å². The van der Waals surface area contributed by atoms with Gasteiger partial charge < -0.3 is 10.1 Å². The minimum atomic E-state index is -0.620. The zero-order chi connectivity index (χ0) is 13.7. The van der Waals surface area contributed by atoms with E-state index in [0.29, 0.717) is 0 Å². The molecule has 98 valence electrons. The van der Waals surface area contributed by atoms with Crippen LogP contribution in [0, 0.1) is 10.1 Å². The van der Waals surface area contributed by atoms with Gasteiger partial charge in [0, 0.05) is 24.7 Å². The number of hydrogen-bond acceptors (Lipinski definition) is 4. The molecule has 0 aliphatic carbocycles. The summed E-state index contributed by atoms with van der Waals surface area (Å²) in [6.07, 6.45) is -0.174. The number of carbonyl (C=O) groups is 1. The number of hydrogen-bond donors (Lipinski definition) is 1. The van der Waals surface area contributed by atoms with Crippen molar-refractivity contribution in [2.24, 2.45) is 0 Å². The first-order chi connectivity index (χ1) is 8.45. The molecule has 18 heavy (non-hydrogen) atoms. The highest BCUT2D eigenvalue weighted by atomic mass is 35.5. The van der Waals surface area contributed by atoms with Gasteiger partial charge in [-0.3, -0.25) is 14.9 Å². The number of ether oxygens (including phenoxy) is 1. The van der Waals surface area contributed by atoms with Crippen molar-refractivity contribution in [3.8, 4) is 0 Å². The van der Waals surface area contributed by atoms with Gasteiger partial charge >= 0.3 is 0 Å². The molecule has 1 aromatic rings. The number of nitrogens with one attached hydrogen (secondary N) is 1. The predicted molar refractivity (Wildman–Crippen MR) is 66.9 cm³/mol. The van der Waals surface area contributed by atoms with Crippen LogP contribution in [-0.4, -0.2) is 30.6 Å². The van der Waals surface area contributed by atoms with Crippen LogP contribution in [0.15, 0.2) is 18.2 Å². The van der Waals surface area contributed by atoms with Crippen LogP contribution in [0.2, 0.25) is 5.02 Å². The van der Waals surface area contributed by atoms with Crippen molar-refractivity contribution in [2.75, 3.05) is 13.7 Å². The van der Waals surface area contributed by atoms with Crippen molar-refractivity contribution in [3.05, 3.63) is 38.9 Å². The zero-order valence-corrected chi connectivity index (χ0v) is 10.7. The molecule has 1 aromatic carbocycles. The van der Waals surface area contributed by atoms with E-state index in [2.05, 4.69) is 5.32 Å². The maximum Gasteiger partial charge on any atom is 0.282 e. The lowest BCUT2D eigenvalue weighted by atomic mass is 10.1. The Kier molecular flexibility index (Phi) is 5.06. The number of amides is 1. The number of nitrogens with zero attached hydrogens (tertiary/aromatic N) is 1. The van der Waals surface area contributed by atoms with E-state index < -0.39 is 10.8 Å². The van der Waals surface area contributed by atoms with Crippen molar-refractivity contribution in [3.63, 3.8) is 0 Å². The monoisotopic (exact) mass is 272 g/mol. The van der Waals surface area contributed by atoms with E-state index in [1.54, 1.807) is 6.92 Å². The second kappa shape index (κ2) is 6.32. The van der Waals surface area contributed by atoms with Crippen molar-refractivity contribution >= 4 is 23.2 Å². The summed E-state index contributed by atoms with van der Waals surface area (Å²) >= 11 is 5.73. The molecule has 0 fully saturated rings. The molecule has 1 atom stereocenters. The molecule has 0 radical (unpaired) electrons. The van der Waals surface area contributed by atoms with Gasteiger partial charge in [0.2, 0.25) is 0 Å². The Bertz CT molecular complexity index is 464. The molecule has 0 heterocycles. The Balaban J connectivity index is 2.90. The first-order valence-corrected chi connectivity index (χ1v) is 5.58. The Morgan fingerprint density at radius 1 is 1.61 bits per heavy atom. The summed E-state index contributed by atoms with van der Waals surface area (Å²) < 4.78 is 4.96. The molecule has 6 nitrogen and oxygen atoms in total. The van der Waals surface area contributed by atoms with Gasteiger partial charge in [-0.25, -0.2) is 0 Å². The lowest BCUT2D eigenvalue weighted by Gasteiger charge is -2.10. The number of halogens is 1. The third kappa shape index (κ3) is 3.68. The summed E-state index contributed by atoms with van der Waals surface area (Å²) in [6, 6.07) is 3.84. The first-order valence-electron chi connectivity index (χ1n) is 5.20. The Morgan fingerprint density at radius 3 is 2.83 bits per heavy atom. The van der Waals surface area contributed by atoms with Crippen LogP contribution >= 0.6 is 11.6 Å². The Hall–Kier alpha value is -1.66. The van der Waals surface area contributed by atoms with E-state index in [1.807, 2.05) is 0 Å². The second-order valence-electron chi connectivity index (χ2n) is 3.67. The van der Waals surface area contributed by atoms with Crippen LogP contribution in [0.1, 0.15) is 17.3 Å². The van der Waals surface area contributed by atoms with Gasteiger partial charge in [0.1, 0.15) is 5.56 Å². The quantitative estimate of drug-likeness (QED) is 0.657. The molecule has 0 aromatic heterocycles. The number of methoxy groups -OCH3 is 1. The minimum Gasteiger partial charge on any atom is -0.380 e. The average Bonchev–Trinajstić information content (AvgIpc) is 2.34. The van der Waals surface area contributed by atoms with Gasteiger partial charge in [0.15, 0.2) is 0 Å². The highest BCUT2D eigenvalue weighted by Gasteiger charge is 2.20. The maximum absolute atomic E-state index is 11.8. The highest BCUT2D eigenvalue weighted by Crippen LogP contribution is 2.22. The number of nitro benzene ring substituents is 1. The number of carbonyl (C=O) groups excluding carboxylic acids is 1. The van der Waals surface area contributed by atoms with Crippen molar-refractivity contribution in [1.82, 2.24) is 5.32 Å². The lowest BCUT2D eigenvalue weighted by Crippen LogP contribution is -2.31. The van der Waals surface area contributed by atoms with Gasteiger partial charge in [0.05, 0.1) is 11.0 Å². The summed E-state index contributed by atoms with van der Waals surface area (Å²) in [5.41, 5.74) is -0.335. The molecular weight excluding hydrogens is 260 g/mol. The largest absolute Gasteiger partial charge is 0.380 e. The molecule has 1 amide bonds. The fourth-order valence-corrected chi connectivity index (χ4v) is 1.44. The van der Waals surface area contributed by atoms with Gasteiger partial charge in [-0.1, -0.05) is 11.6 Å². The lowest BCUT2D eigenvalue weighted by molar-refractivity contribution is -0.385. The third-order valence-corrected chi connectivity index (χ3v) is 2.59.